The second-order valence-corrected chi connectivity index (χ2v) is 13.9. The fraction of sp³-hybridized carbons (Fsp3) is 0.972. The van der Waals surface area contributed by atoms with Gasteiger partial charge in [-0.25, -0.2) is 0 Å². The summed E-state index contributed by atoms with van der Waals surface area (Å²) in [4.78, 5) is 10.3. The smallest absolute Gasteiger partial charge is 0.303 e. The topological polar surface area (TPSA) is 98.0 Å². The van der Waals surface area contributed by atoms with Gasteiger partial charge in [-0.1, -0.05) is 176 Å². The third kappa shape index (κ3) is 39.4. The lowest BCUT2D eigenvalue weighted by Gasteiger charge is -2.20. The first-order valence-corrected chi connectivity index (χ1v) is 17.8. The van der Waals surface area contributed by atoms with E-state index in [4.69, 9.17) is 20.4 Å². The number of aliphatic carboxylic acids is 1. The van der Waals surface area contributed by atoms with Crippen molar-refractivity contribution in [3.63, 3.8) is 0 Å². The van der Waals surface area contributed by atoms with Crippen molar-refractivity contribution in [2.24, 2.45) is 23.7 Å². The number of unbranched alkanes of at least 4 members (excludes halogenated alkanes) is 12. The van der Waals surface area contributed by atoms with Gasteiger partial charge in [0.25, 0.3) is 5.97 Å². The van der Waals surface area contributed by atoms with Crippen LogP contribution in [-0.2, 0) is 4.79 Å². The number of aliphatic hydroxyl groups is 3. The van der Waals surface area contributed by atoms with Crippen molar-refractivity contribution in [3.05, 3.63) is 0 Å². The van der Waals surface area contributed by atoms with Crippen LogP contribution in [0.4, 0.5) is 0 Å². The summed E-state index contributed by atoms with van der Waals surface area (Å²) in [6.45, 7) is 13.5. The summed E-state index contributed by atoms with van der Waals surface area (Å²) in [5.41, 5.74) is 0. The van der Waals surface area contributed by atoms with Gasteiger partial charge in [0.05, 0.1) is 0 Å². The normalized spacial score (nSPS) is 14.0. The Bertz CT molecular complexity index is 543. The second kappa shape index (κ2) is 29.4. The first-order valence-electron chi connectivity index (χ1n) is 17.8. The fourth-order valence-corrected chi connectivity index (χ4v) is 5.66. The number of hydrogen-bond donors (Lipinski definition) is 4. The zero-order valence-electron chi connectivity index (χ0n) is 28.5. The molecule has 3 atom stereocenters. The highest BCUT2D eigenvalue weighted by atomic mass is 16.7. The van der Waals surface area contributed by atoms with Crippen LogP contribution in [0.25, 0.3) is 0 Å². The molecule has 41 heavy (non-hydrogen) atoms. The van der Waals surface area contributed by atoms with Crippen molar-refractivity contribution in [1.82, 2.24) is 0 Å². The molecule has 3 unspecified atom stereocenters. The summed E-state index contributed by atoms with van der Waals surface area (Å²) in [6, 6.07) is 0. The van der Waals surface area contributed by atoms with E-state index in [1.165, 1.54) is 116 Å². The minimum Gasteiger partial charge on any atom is -0.481 e. The Morgan fingerprint density at radius 1 is 0.512 bits per heavy atom. The van der Waals surface area contributed by atoms with Crippen LogP contribution in [0.3, 0.4) is 0 Å². The van der Waals surface area contributed by atoms with Crippen LogP contribution in [0.15, 0.2) is 0 Å². The molecule has 0 saturated carbocycles. The maximum absolute atomic E-state index is 10.3. The molecular formula is C36H74O5. The lowest BCUT2D eigenvalue weighted by atomic mass is 9.90. The van der Waals surface area contributed by atoms with Crippen LogP contribution >= 0.6 is 0 Å². The average Bonchev–Trinajstić information content (AvgIpc) is 2.86. The number of carbonyl (C=O) groups is 1. The molecule has 0 amide bonds. The van der Waals surface area contributed by atoms with E-state index in [2.05, 4.69) is 34.6 Å². The Labute approximate surface area is 256 Å². The minimum absolute atomic E-state index is 0.0370. The first kappa shape index (κ1) is 42.5. The van der Waals surface area contributed by atoms with Crippen LogP contribution in [0.5, 0.6) is 0 Å². The van der Waals surface area contributed by atoms with E-state index in [0.717, 1.165) is 43.4 Å². The number of hydrogen-bond acceptors (Lipinski definition) is 4. The highest BCUT2D eigenvalue weighted by Gasteiger charge is 2.21. The van der Waals surface area contributed by atoms with Crippen molar-refractivity contribution < 1.29 is 25.2 Å². The molecule has 0 aliphatic heterocycles. The van der Waals surface area contributed by atoms with Crippen molar-refractivity contribution in [2.75, 3.05) is 0 Å². The standard InChI is InChI=1S/C20H42O3.C16H32O2/c1-16(2)9-6-10-17(3)11-7-12-18(4)13-8-14-19(5)15-20(21,22)23;1-2-3-4-5-6-7-8-9-10-11-12-13-14-15-16(17)18/h16-19,21-23H,6-15H2,1-5H3;2-15H2,1H3,(H,17,18). The van der Waals surface area contributed by atoms with Crippen molar-refractivity contribution in [1.29, 1.82) is 0 Å². The number of carboxylic acids is 1. The molecular weight excluding hydrogens is 512 g/mol. The summed E-state index contributed by atoms with van der Waals surface area (Å²) in [7, 11) is 0. The summed E-state index contributed by atoms with van der Waals surface area (Å²) >= 11 is 0. The number of carboxylic acid groups (broad SMARTS) is 1. The van der Waals surface area contributed by atoms with E-state index in [-0.39, 0.29) is 12.3 Å². The second-order valence-electron chi connectivity index (χ2n) is 13.9. The monoisotopic (exact) mass is 587 g/mol. The lowest BCUT2D eigenvalue weighted by molar-refractivity contribution is -0.319. The van der Waals surface area contributed by atoms with Crippen molar-refractivity contribution >= 4 is 5.97 Å². The van der Waals surface area contributed by atoms with Gasteiger partial charge < -0.3 is 20.4 Å². The van der Waals surface area contributed by atoms with Gasteiger partial charge in [-0.2, -0.15) is 0 Å². The quantitative estimate of drug-likeness (QED) is 0.0540. The molecule has 0 saturated heterocycles. The molecule has 4 N–H and O–H groups in total. The molecule has 5 nitrogen and oxygen atoms in total. The minimum atomic E-state index is -2.50. The molecule has 0 aliphatic rings. The van der Waals surface area contributed by atoms with Gasteiger partial charge in [0.2, 0.25) is 0 Å². The van der Waals surface area contributed by atoms with Gasteiger partial charge >= 0.3 is 5.97 Å². The SMILES string of the molecule is CC(C)CCCC(C)CCCC(C)CCCC(C)CC(O)(O)O.CCCCCCCCCCCCCCCC(=O)O. The number of rotatable bonds is 28. The molecule has 0 rings (SSSR count). The molecule has 0 aromatic carbocycles. The van der Waals surface area contributed by atoms with Gasteiger partial charge in [0.15, 0.2) is 0 Å². The van der Waals surface area contributed by atoms with Crippen LogP contribution < -0.4 is 0 Å². The van der Waals surface area contributed by atoms with E-state index < -0.39 is 11.9 Å². The van der Waals surface area contributed by atoms with E-state index in [0.29, 0.717) is 6.42 Å². The third-order valence-corrected chi connectivity index (χ3v) is 8.38. The van der Waals surface area contributed by atoms with Crippen LogP contribution in [-0.4, -0.2) is 32.4 Å². The molecule has 0 spiro atoms. The average molecular weight is 587 g/mol. The van der Waals surface area contributed by atoms with Crippen LogP contribution in [0.2, 0.25) is 0 Å². The summed E-state index contributed by atoms with van der Waals surface area (Å²) in [5.74, 6) is -0.588. The maximum Gasteiger partial charge on any atom is 0.303 e. The van der Waals surface area contributed by atoms with E-state index in [9.17, 15) is 4.79 Å². The highest BCUT2D eigenvalue weighted by Crippen LogP contribution is 2.23. The Morgan fingerprint density at radius 2 is 0.854 bits per heavy atom. The van der Waals surface area contributed by atoms with Gasteiger partial charge in [0, 0.05) is 12.8 Å². The molecule has 0 bridgehead atoms. The van der Waals surface area contributed by atoms with E-state index in [1.54, 1.807) is 0 Å². The van der Waals surface area contributed by atoms with Gasteiger partial charge in [-0.3, -0.25) is 4.79 Å². The van der Waals surface area contributed by atoms with Crippen molar-refractivity contribution in [2.45, 2.75) is 202 Å². The molecule has 0 heterocycles. The zero-order valence-corrected chi connectivity index (χ0v) is 28.5. The van der Waals surface area contributed by atoms with Gasteiger partial charge in [-0.15, -0.1) is 0 Å². The fourth-order valence-electron chi connectivity index (χ4n) is 5.66. The van der Waals surface area contributed by atoms with Crippen molar-refractivity contribution in [3.8, 4) is 0 Å². The zero-order chi connectivity index (χ0) is 31.4. The molecule has 0 fully saturated rings. The molecule has 5 heteroatoms. The van der Waals surface area contributed by atoms with Gasteiger partial charge in [0.1, 0.15) is 0 Å². The summed E-state index contributed by atoms with van der Waals surface area (Å²) in [5, 5.41) is 35.4. The molecule has 0 aliphatic carbocycles. The summed E-state index contributed by atoms with van der Waals surface area (Å²) < 4.78 is 0. The Hall–Kier alpha value is -0.650. The molecule has 0 aromatic heterocycles. The predicted octanol–water partition coefficient (Wildman–Crippen LogP) is 10.6. The molecule has 248 valence electrons. The first-order chi connectivity index (χ1) is 19.4. The predicted molar refractivity (Wildman–Crippen MR) is 176 cm³/mol. The van der Waals surface area contributed by atoms with E-state index >= 15 is 0 Å². The largest absolute Gasteiger partial charge is 0.481 e. The van der Waals surface area contributed by atoms with Gasteiger partial charge in [-0.05, 0) is 30.1 Å². The highest BCUT2D eigenvalue weighted by molar-refractivity contribution is 5.66. The maximum atomic E-state index is 10.3. The van der Waals surface area contributed by atoms with Crippen LogP contribution in [0.1, 0.15) is 196 Å². The molecule has 0 radical (unpaired) electrons. The third-order valence-electron chi connectivity index (χ3n) is 8.38. The Balaban J connectivity index is 0. The van der Waals surface area contributed by atoms with Crippen LogP contribution in [0, 0.1) is 23.7 Å². The lowest BCUT2D eigenvalue weighted by Crippen LogP contribution is -2.29. The Morgan fingerprint density at radius 3 is 1.20 bits per heavy atom. The Kier molecular flexibility index (Phi) is 30.5. The van der Waals surface area contributed by atoms with E-state index in [1.807, 2.05) is 6.92 Å². The summed E-state index contributed by atoms with van der Waals surface area (Å²) in [6.07, 6.45) is 28.6. The molecule has 0 aromatic rings.